The van der Waals surface area contributed by atoms with Crippen molar-refractivity contribution in [3.05, 3.63) is 81.3 Å². The van der Waals surface area contributed by atoms with Crippen molar-refractivity contribution in [2.24, 2.45) is 0 Å². The Labute approximate surface area is 158 Å². The topological polar surface area (TPSA) is 73.2 Å². The Hall–Kier alpha value is -3.45. The molecule has 27 heavy (non-hydrogen) atoms. The molecule has 0 saturated carbocycles. The molecule has 2 heterocycles. The van der Waals surface area contributed by atoms with Gasteiger partial charge in [-0.05, 0) is 47.8 Å². The SMILES string of the molecule is COc1ccc(-c2nc3ccccc3c(=O)n2NC(=O)c2cccs2)cc1. The molecule has 1 amide bonds. The molecule has 2 aromatic carbocycles. The number of hydrogen-bond acceptors (Lipinski definition) is 5. The first-order chi connectivity index (χ1) is 13.2. The van der Waals surface area contributed by atoms with Gasteiger partial charge in [0.25, 0.3) is 11.5 Å². The van der Waals surface area contributed by atoms with Crippen molar-refractivity contribution >= 4 is 28.1 Å². The molecule has 4 aromatic rings. The summed E-state index contributed by atoms with van der Waals surface area (Å²) in [5.41, 5.74) is 3.60. The summed E-state index contributed by atoms with van der Waals surface area (Å²) in [5.74, 6) is 0.682. The summed E-state index contributed by atoms with van der Waals surface area (Å²) in [6.45, 7) is 0. The first-order valence-corrected chi connectivity index (χ1v) is 9.06. The lowest BCUT2D eigenvalue weighted by molar-refractivity contribution is 0.101. The third-order valence-corrected chi connectivity index (χ3v) is 4.95. The van der Waals surface area contributed by atoms with Crippen LogP contribution in [0.3, 0.4) is 0 Å². The van der Waals surface area contributed by atoms with E-state index in [-0.39, 0.29) is 11.5 Å². The van der Waals surface area contributed by atoms with E-state index in [1.54, 1.807) is 67.1 Å². The average Bonchev–Trinajstić information content (AvgIpc) is 3.25. The van der Waals surface area contributed by atoms with Gasteiger partial charge in [-0.15, -0.1) is 11.3 Å². The molecule has 134 valence electrons. The Kier molecular flexibility index (Phi) is 4.43. The van der Waals surface area contributed by atoms with Gasteiger partial charge in [-0.2, -0.15) is 4.68 Å². The van der Waals surface area contributed by atoms with Gasteiger partial charge in [0.15, 0.2) is 5.82 Å². The third-order valence-electron chi connectivity index (χ3n) is 4.08. The van der Waals surface area contributed by atoms with Crippen molar-refractivity contribution in [1.82, 2.24) is 9.66 Å². The van der Waals surface area contributed by atoms with Crippen LogP contribution in [0, 0.1) is 0 Å². The quantitative estimate of drug-likeness (QED) is 0.591. The van der Waals surface area contributed by atoms with Gasteiger partial charge < -0.3 is 4.74 Å². The van der Waals surface area contributed by atoms with Crippen molar-refractivity contribution in [2.45, 2.75) is 0 Å². The number of methoxy groups -OCH3 is 1. The lowest BCUT2D eigenvalue weighted by Crippen LogP contribution is -2.34. The second-order valence-corrected chi connectivity index (χ2v) is 6.69. The van der Waals surface area contributed by atoms with E-state index >= 15 is 0 Å². The number of hydrogen-bond donors (Lipinski definition) is 1. The summed E-state index contributed by atoms with van der Waals surface area (Å²) in [6.07, 6.45) is 0. The molecule has 0 aliphatic carbocycles. The molecule has 0 fully saturated rings. The van der Waals surface area contributed by atoms with Crippen LogP contribution in [0.4, 0.5) is 0 Å². The number of aromatic nitrogens is 2. The zero-order valence-electron chi connectivity index (χ0n) is 14.4. The number of amides is 1. The highest BCUT2D eigenvalue weighted by Gasteiger charge is 2.16. The summed E-state index contributed by atoms with van der Waals surface area (Å²) in [6, 6.07) is 17.7. The minimum atomic E-state index is -0.362. The fourth-order valence-electron chi connectivity index (χ4n) is 2.73. The Balaban J connectivity index is 1.89. The summed E-state index contributed by atoms with van der Waals surface area (Å²) >= 11 is 1.30. The van der Waals surface area contributed by atoms with Crippen LogP contribution in [0.1, 0.15) is 9.67 Å². The fourth-order valence-corrected chi connectivity index (χ4v) is 3.35. The van der Waals surface area contributed by atoms with E-state index in [4.69, 9.17) is 4.74 Å². The van der Waals surface area contributed by atoms with Crippen LogP contribution >= 0.6 is 11.3 Å². The van der Waals surface area contributed by atoms with Gasteiger partial charge in [0.2, 0.25) is 0 Å². The zero-order chi connectivity index (χ0) is 18.8. The van der Waals surface area contributed by atoms with Gasteiger partial charge in [0.1, 0.15) is 5.75 Å². The summed E-state index contributed by atoms with van der Waals surface area (Å²) in [7, 11) is 1.58. The van der Waals surface area contributed by atoms with Gasteiger partial charge in [-0.1, -0.05) is 18.2 Å². The number of ether oxygens (including phenoxy) is 1. The molecule has 7 heteroatoms. The van der Waals surface area contributed by atoms with Crippen LogP contribution in [0.2, 0.25) is 0 Å². The number of fused-ring (bicyclic) bond motifs is 1. The van der Waals surface area contributed by atoms with E-state index in [2.05, 4.69) is 10.4 Å². The Bertz CT molecular complexity index is 1170. The number of carbonyl (C=O) groups is 1. The highest BCUT2D eigenvalue weighted by Crippen LogP contribution is 2.21. The molecule has 0 aliphatic rings. The van der Waals surface area contributed by atoms with Gasteiger partial charge in [-0.25, -0.2) is 4.98 Å². The maximum absolute atomic E-state index is 13.0. The molecule has 0 bridgehead atoms. The smallest absolute Gasteiger partial charge is 0.280 e. The maximum Gasteiger partial charge on any atom is 0.280 e. The molecule has 0 spiro atoms. The van der Waals surface area contributed by atoms with Crippen LogP contribution in [0.5, 0.6) is 5.75 Å². The molecular weight excluding hydrogens is 362 g/mol. The Morgan fingerprint density at radius 2 is 1.85 bits per heavy atom. The standard InChI is InChI=1S/C20H15N3O3S/c1-26-14-10-8-13(9-11-14)18-21-16-6-3-2-5-15(16)20(25)23(18)22-19(24)17-7-4-12-27-17/h2-12H,1H3,(H,22,24). The van der Waals surface area contributed by atoms with Crippen molar-refractivity contribution in [2.75, 3.05) is 12.5 Å². The second-order valence-electron chi connectivity index (χ2n) is 5.74. The molecule has 2 aromatic heterocycles. The van der Waals surface area contributed by atoms with Gasteiger partial charge in [-0.3, -0.25) is 15.0 Å². The van der Waals surface area contributed by atoms with Crippen LogP contribution < -0.4 is 15.7 Å². The fraction of sp³-hybridized carbons (Fsp3) is 0.0500. The maximum atomic E-state index is 13.0. The summed E-state index contributed by atoms with van der Waals surface area (Å²) in [4.78, 5) is 30.7. The monoisotopic (exact) mass is 377 g/mol. The van der Waals surface area contributed by atoms with Crippen molar-refractivity contribution in [3.63, 3.8) is 0 Å². The first kappa shape index (κ1) is 17.0. The number of benzene rings is 2. The Morgan fingerprint density at radius 1 is 1.07 bits per heavy atom. The van der Waals surface area contributed by atoms with Crippen molar-refractivity contribution < 1.29 is 9.53 Å². The minimum Gasteiger partial charge on any atom is -0.497 e. The molecule has 1 N–H and O–H groups in total. The van der Waals surface area contributed by atoms with Crippen LogP contribution in [0.25, 0.3) is 22.3 Å². The number of nitrogens with zero attached hydrogens (tertiary/aromatic N) is 2. The average molecular weight is 377 g/mol. The van der Waals surface area contributed by atoms with Crippen LogP contribution in [0.15, 0.2) is 70.8 Å². The molecule has 4 rings (SSSR count). The number of nitrogens with one attached hydrogen (secondary N) is 1. The van der Waals surface area contributed by atoms with Crippen LogP contribution in [-0.4, -0.2) is 22.7 Å². The van der Waals surface area contributed by atoms with E-state index in [0.29, 0.717) is 32.9 Å². The predicted octanol–water partition coefficient (Wildman–Crippen LogP) is 3.52. The van der Waals surface area contributed by atoms with E-state index in [1.807, 2.05) is 6.07 Å². The number of carbonyl (C=O) groups excluding carboxylic acids is 1. The van der Waals surface area contributed by atoms with Gasteiger partial charge in [0.05, 0.1) is 22.9 Å². The van der Waals surface area contributed by atoms with Gasteiger partial charge >= 0.3 is 0 Å². The minimum absolute atomic E-state index is 0.337. The van der Waals surface area contributed by atoms with Crippen molar-refractivity contribution in [1.29, 1.82) is 0 Å². The number of rotatable bonds is 4. The molecule has 0 unspecified atom stereocenters. The highest BCUT2D eigenvalue weighted by molar-refractivity contribution is 7.12. The number of para-hydroxylation sites is 1. The molecule has 0 atom stereocenters. The lowest BCUT2D eigenvalue weighted by atomic mass is 10.2. The number of thiophene rings is 1. The second kappa shape index (κ2) is 7.05. The van der Waals surface area contributed by atoms with Crippen molar-refractivity contribution in [3.8, 4) is 17.1 Å². The largest absolute Gasteiger partial charge is 0.497 e. The summed E-state index contributed by atoms with van der Waals surface area (Å²) in [5, 5.41) is 2.24. The Morgan fingerprint density at radius 3 is 2.56 bits per heavy atom. The highest BCUT2D eigenvalue weighted by atomic mass is 32.1. The molecule has 6 nitrogen and oxygen atoms in total. The van der Waals surface area contributed by atoms with Crippen LogP contribution in [-0.2, 0) is 0 Å². The molecule has 0 aliphatic heterocycles. The van der Waals surface area contributed by atoms with E-state index in [0.717, 1.165) is 0 Å². The van der Waals surface area contributed by atoms with E-state index < -0.39 is 0 Å². The van der Waals surface area contributed by atoms with E-state index in [9.17, 15) is 9.59 Å². The van der Waals surface area contributed by atoms with Gasteiger partial charge in [0, 0.05) is 5.56 Å². The molecule has 0 radical (unpaired) electrons. The predicted molar refractivity (Wildman–Crippen MR) is 106 cm³/mol. The van der Waals surface area contributed by atoms with E-state index in [1.165, 1.54) is 16.0 Å². The summed E-state index contributed by atoms with van der Waals surface area (Å²) < 4.78 is 6.39. The normalized spacial score (nSPS) is 10.7. The lowest BCUT2D eigenvalue weighted by Gasteiger charge is -2.14. The zero-order valence-corrected chi connectivity index (χ0v) is 15.2. The molecule has 0 saturated heterocycles. The first-order valence-electron chi connectivity index (χ1n) is 8.18. The third kappa shape index (κ3) is 3.20. The molecular formula is C20H15N3O3S.